The van der Waals surface area contributed by atoms with Crippen LogP contribution in [0, 0.1) is 11.3 Å². The van der Waals surface area contributed by atoms with Gasteiger partial charge in [0.15, 0.2) is 0 Å². The zero-order chi connectivity index (χ0) is 14.8. The number of carbonyl (C=O) groups is 1. The van der Waals surface area contributed by atoms with Gasteiger partial charge >= 0.3 is 0 Å². The highest BCUT2D eigenvalue weighted by atomic mass is 16.5. The van der Waals surface area contributed by atoms with E-state index < -0.39 is 5.97 Å². The highest BCUT2D eigenvalue weighted by Gasteiger charge is 2.57. The Morgan fingerprint density at radius 1 is 1.30 bits per heavy atom. The zero-order valence-electron chi connectivity index (χ0n) is 12.5. The summed E-state index contributed by atoms with van der Waals surface area (Å²) in [6.07, 6.45) is 2.33. The molecule has 0 saturated heterocycles. The Morgan fingerprint density at radius 3 is 2.50 bits per heavy atom. The number of carboxylic acids is 1. The molecule has 1 aromatic carbocycles. The van der Waals surface area contributed by atoms with Crippen LogP contribution in [-0.4, -0.2) is 12.6 Å². The van der Waals surface area contributed by atoms with Crippen LogP contribution in [0.15, 0.2) is 24.3 Å². The van der Waals surface area contributed by atoms with Gasteiger partial charge in [-0.2, -0.15) is 0 Å². The predicted molar refractivity (Wildman–Crippen MR) is 76.5 cm³/mol. The zero-order valence-corrected chi connectivity index (χ0v) is 12.5. The number of ether oxygens (including phenoxy) is 1. The van der Waals surface area contributed by atoms with Crippen LogP contribution in [-0.2, 0) is 4.79 Å². The molecule has 0 N–H and O–H groups in total. The van der Waals surface area contributed by atoms with Crippen molar-refractivity contribution in [1.29, 1.82) is 0 Å². The van der Waals surface area contributed by atoms with Crippen LogP contribution in [0.25, 0.3) is 0 Å². The second-order valence-corrected chi connectivity index (χ2v) is 6.25. The minimum absolute atomic E-state index is 0.0463. The second kappa shape index (κ2) is 5.86. The summed E-state index contributed by atoms with van der Waals surface area (Å²) in [5.74, 6) is 0.423. The van der Waals surface area contributed by atoms with Crippen molar-refractivity contribution in [2.45, 2.75) is 46.0 Å². The Morgan fingerprint density at radius 2 is 1.95 bits per heavy atom. The Kier molecular flexibility index (Phi) is 4.36. The molecule has 2 unspecified atom stereocenters. The fourth-order valence-electron chi connectivity index (χ4n) is 3.07. The average molecular weight is 275 g/mol. The fourth-order valence-corrected chi connectivity index (χ4v) is 3.07. The highest BCUT2D eigenvalue weighted by molar-refractivity contribution is 5.66. The minimum atomic E-state index is -0.954. The van der Waals surface area contributed by atoms with Gasteiger partial charge in [0.2, 0.25) is 0 Å². The molecule has 1 aliphatic rings. The smallest absolute Gasteiger partial charge is 0.119 e. The van der Waals surface area contributed by atoms with Crippen LogP contribution < -0.4 is 9.84 Å². The largest absolute Gasteiger partial charge is 0.550 e. The first-order valence-corrected chi connectivity index (χ1v) is 7.39. The van der Waals surface area contributed by atoms with Gasteiger partial charge in [-0.1, -0.05) is 39.3 Å². The third kappa shape index (κ3) is 3.14. The number of carboxylic acid groups (broad SMARTS) is 1. The number of hydrogen-bond acceptors (Lipinski definition) is 3. The maximum atomic E-state index is 10.8. The van der Waals surface area contributed by atoms with Crippen LogP contribution in [0.5, 0.6) is 5.75 Å². The van der Waals surface area contributed by atoms with E-state index in [0.29, 0.717) is 5.92 Å². The Bertz CT molecular complexity index is 462. The average Bonchev–Trinajstić information content (AvgIpc) is 2.91. The summed E-state index contributed by atoms with van der Waals surface area (Å²) in [6, 6.07) is 8.08. The number of unbranched alkanes of at least 4 members (excludes halogenated alkanes) is 1. The maximum Gasteiger partial charge on any atom is 0.119 e. The van der Waals surface area contributed by atoms with Crippen molar-refractivity contribution in [2.75, 3.05) is 6.61 Å². The van der Waals surface area contributed by atoms with Gasteiger partial charge in [-0.05, 0) is 47.8 Å². The Hall–Kier alpha value is -1.51. The van der Waals surface area contributed by atoms with E-state index in [9.17, 15) is 9.90 Å². The molecule has 0 spiro atoms. The van der Waals surface area contributed by atoms with Gasteiger partial charge in [0, 0.05) is 5.97 Å². The summed E-state index contributed by atoms with van der Waals surface area (Å²) in [5.41, 5.74) is 1.24. The molecule has 2 rings (SSSR count). The predicted octanol–water partition coefficient (Wildman–Crippen LogP) is 2.75. The van der Waals surface area contributed by atoms with E-state index in [1.54, 1.807) is 0 Å². The van der Waals surface area contributed by atoms with Crippen molar-refractivity contribution in [1.82, 2.24) is 0 Å². The summed E-state index contributed by atoms with van der Waals surface area (Å²) in [4.78, 5) is 10.8. The summed E-state index contributed by atoms with van der Waals surface area (Å²) in [6.45, 7) is 7.13. The third-order valence-electron chi connectivity index (χ3n) is 4.44. The van der Waals surface area contributed by atoms with E-state index in [1.807, 2.05) is 12.1 Å². The first-order chi connectivity index (χ1) is 9.46. The first kappa shape index (κ1) is 14.9. The van der Waals surface area contributed by atoms with Crippen molar-refractivity contribution in [2.24, 2.45) is 11.3 Å². The number of aliphatic carboxylic acids is 1. The molecule has 3 nitrogen and oxygen atoms in total. The molecule has 0 radical (unpaired) electrons. The van der Waals surface area contributed by atoms with Crippen molar-refractivity contribution in [3.05, 3.63) is 29.8 Å². The third-order valence-corrected chi connectivity index (χ3v) is 4.44. The maximum absolute atomic E-state index is 10.8. The lowest BCUT2D eigenvalue weighted by Gasteiger charge is -2.07. The lowest BCUT2D eigenvalue weighted by atomic mass is 10.0. The number of benzene rings is 1. The highest BCUT2D eigenvalue weighted by Crippen LogP contribution is 2.65. The molecule has 1 aromatic rings. The Labute approximate surface area is 121 Å². The SMILES string of the molecule is CCCCOc1ccc(C2C(CC(=O)[O-])C2(C)C)cc1. The molecule has 0 aromatic heterocycles. The lowest BCUT2D eigenvalue weighted by Crippen LogP contribution is -2.23. The van der Waals surface area contributed by atoms with Crippen molar-refractivity contribution < 1.29 is 14.6 Å². The molecule has 3 heteroatoms. The second-order valence-electron chi connectivity index (χ2n) is 6.25. The quantitative estimate of drug-likeness (QED) is 0.719. The van der Waals surface area contributed by atoms with Gasteiger partial charge in [0.25, 0.3) is 0 Å². The first-order valence-electron chi connectivity index (χ1n) is 7.39. The van der Waals surface area contributed by atoms with Gasteiger partial charge in [0.05, 0.1) is 6.61 Å². The lowest BCUT2D eigenvalue weighted by molar-refractivity contribution is -0.306. The molecule has 1 aliphatic carbocycles. The number of carbonyl (C=O) groups excluding carboxylic acids is 1. The molecule has 0 aliphatic heterocycles. The molecule has 1 saturated carbocycles. The fraction of sp³-hybridized carbons (Fsp3) is 0.588. The van der Waals surface area contributed by atoms with Gasteiger partial charge in [-0.25, -0.2) is 0 Å². The summed E-state index contributed by atoms with van der Waals surface area (Å²) >= 11 is 0. The number of rotatable bonds is 7. The Balaban J connectivity index is 1.98. The molecular weight excluding hydrogens is 252 g/mol. The molecule has 110 valence electrons. The topological polar surface area (TPSA) is 49.4 Å². The van der Waals surface area contributed by atoms with E-state index in [4.69, 9.17) is 4.74 Å². The van der Waals surface area contributed by atoms with Crippen molar-refractivity contribution >= 4 is 5.97 Å². The van der Waals surface area contributed by atoms with Gasteiger partial charge in [-0.15, -0.1) is 0 Å². The van der Waals surface area contributed by atoms with E-state index >= 15 is 0 Å². The van der Waals surface area contributed by atoms with Crippen molar-refractivity contribution in [3.8, 4) is 5.75 Å². The van der Waals surface area contributed by atoms with E-state index in [0.717, 1.165) is 25.2 Å². The monoisotopic (exact) mass is 275 g/mol. The minimum Gasteiger partial charge on any atom is -0.550 e. The number of hydrogen-bond donors (Lipinski definition) is 0. The molecular formula is C17H23O3-. The van der Waals surface area contributed by atoms with Gasteiger partial charge in [-0.3, -0.25) is 0 Å². The molecule has 2 atom stereocenters. The molecule has 1 fully saturated rings. The van der Waals surface area contributed by atoms with E-state index in [1.165, 1.54) is 5.56 Å². The van der Waals surface area contributed by atoms with Crippen LogP contribution in [0.4, 0.5) is 0 Å². The van der Waals surface area contributed by atoms with Crippen LogP contribution >= 0.6 is 0 Å². The van der Waals surface area contributed by atoms with Gasteiger partial charge in [0.1, 0.15) is 5.75 Å². The standard InChI is InChI=1S/C17H24O3/c1-4-5-10-20-13-8-6-12(7-9-13)16-14(11-15(18)19)17(16,2)3/h6-9,14,16H,4-5,10-11H2,1-3H3,(H,18,19)/p-1. The van der Waals surface area contributed by atoms with Crippen LogP contribution in [0.1, 0.15) is 51.5 Å². The summed E-state index contributed by atoms with van der Waals surface area (Å²) in [7, 11) is 0. The van der Waals surface area contributed by atoms with E-state index in [-0.39, 0.29) is 17.8 Å². The van der Waals surface area contributed by atoms with Crippen LogP contribution in [0.2, 0.25) is 0 Å². The van der Waals surface area contributed by atoms with Gasteiger partial charge < -0.3 is 14.6 Å². The van der Waals surface area contributed by atoms with E-state index in [2.05, 4.69) is 32.9 Å². The molecule has 0 amide bonds. The molecule has 0 bridgehead atoms. The molecule has 20 heavy (non-hydrogen) atoms. The molecule has 0 heterocycles. The summed E-state index contributed by atoms with van der Waals surface area (Å²) in [5, 5.41) is 10.8. The summed E-state index contributed by atoms with van der Waals surface area (Å²) < 4.78 is 5.64. The van der Waals surface area contributed by atoms with Crippen molar-refractivity contribution in [3.63, 3.8) is 0 Å². The van der Waals surface area contributed by atoms with Crippen LogP contribution in [0.3, 0.4) is 0 Å². The normalized spacial score (nSPS) is 23.4.